The first-order chi connectivity index (χ1) is 15.4. The second-order valence-corrected chi connectivity index (χ2v) is 7.81. The van der Waals surface area contributed by atoms with E-state index in [1.165, 1.54) is 12.3 Å². The summed E-state index contributed by atoms with van der Waals surface area (Å²) in [6.07, 6.45) is 1.25. The molecule has 0 saturated heterocycles. The number of carbonyl (C=O) groups is 1. The van der Waals surface area contributed by atoms with Crippen LogP contribution >= 0.6 is 23.2 Å². The second kappa shape index (κ2) is 9.34. The molecule has 0 bridgehead atoms. The van der Waals surface area contributed by atoms with Crippen molar-refractivity contribution < 1.29 is 18.7 Å². The third-order valence-electron chi connectivity index (χ3n) is 4.50. The number of hydrogen-bond acceptors (Lipinski definition) is 5. The standard InChI is InChI=1S/C24H17Cl2NO5/c1-14-3-2-4-17(9-14)32-22-12-31-21-11-16(6-7-18(21)24(22)29)30-13-23(28)27-20-10-15(25)5-8-19(20)26/h2-12H,13H2,1H3,(H,27,28). The molecule has 1 aromatic heterocycles. The minimum absolute atomic E-state index is 0.0783. The lowest BCUT2D eigenvalue weighted by Crippen LogP contribution is -2.20. The Balaban J connectivity index is 1.46. The van der Waals surface area contributed by atoms with Gasteiger partial charge in [-0.3, -0.25) is 9.59 Å². The molecule has 0 aliphatic heterocycles. The number of benzene rings is 3. The van der Waals surface area contributed by atoms with Crippen LogP contribution in [0.1, 0.15) is 5.56 Å². The molecule has 0 atom stereocenters. The number of aryl methyl sites for hydroxylation is 1. The summed E-state index contributed by atoms with van der Waals surface area (Å²) in [7, 11) is 0. The van der Waals surface area contributed by atoms with E-state index in [0.717, 1.165) is 5.56 Å². The summed E-state index contributed by atoms with van der Waals surface area (Å²) in [4.78, 5) is 24.9. The van der Waals surface area contributed by atoms with Crippen LogP contribution in [0.25, 0.3) is 11.0 Å². The number of anilines is 1. The Bertz CT molecular complexity index is 1370. The third kappa shape index (κ3) is 5.04. The van der Waals surface area contributed by atoms with Gasteiger partial charge in [0.15, 0.2) is 6.61 Å². The highest BCUT2D eigenvalue weighted by Gasteiger charge is 2.12. The van der Waals surface area contributed by atoms with Crippen LogP contribution in [-0.2, 0) is 4.79 Å². The fraction of sp³-hybridized carbons (Fsp3) is 0.0833. The zero-order valence-corrected chi connectivity index (χ0v) is 18.4. The van der Waals surface area contributed by atoms with Crippen molar-refractivity contribution >= 4 is 45.8 Å². The molecule has 0 spiro atoms. The molecule has 4 aromatic rings. The molecule has 1 N–H and O–H groups in total. The summed E-state index contributed by atoms with van der Waals surface area (Å²) in [6, 6.07) is 16.8. The lowest BCUT2D eigenvalue weighted by Gasteiger charge is -2.10. The molecule has 3 aromatic carbocycles. The zero-order chi connectivity index (χ0) is 22.7. The molecule has 1 heterocycles. The molecule has 32 heavy (non-hydrogen) atoms. The van der Waals surface area contributed by atoms with E-state index in [4.69, 9.17) is 37.1 Å². The SMILES string of the molecule is Cc1cccc(Oc2coc3cc(OCC(=O)Nc4cc(Cl)ccc4Cl)ccc3c2=O)c1. The molecule has 0 aliphatic carbocycles. The van der Waals surface area contributed by atoms with Crippen LogP contribution in [-0.4, -0.2) is 12.5 Å². The molecule has 0 unspecified atom stereocenters. The van der Waals surface area contributed by atoms with Gasteiger partial charge in [-0.05, 0) is 55.0 Å². The highest BCUT2D eigenvalue weighted by molar-refractivity contribution is 6.35. The predicted molar refractivity (Wildman–Crippen MR) is 124 cm³/mol. The molecule has 162 valence electrons. The van der Waals surface area contributed by atoms with Crippen LogP contribution in [0.4, 0.5) is 5.69 Å². The predicted octanol–water partition coefficient (Wildman–Crippen LogP) is 6.22. The number of hydrogen-bond donors (Lipinski definition) is 1. The van der Waals surface area contributed by atoms with Crippen molar-refractivity contribution in [2.24, 2.45) is 0 Å². The van der Waals surface area contributed by atoms with Crippen molar-refractivity contribution in [1.82, 2.24) is 0 Å². The van der Waals surface area contributed by atoms with Crippen molar-refractivity contribution in [3.63, 3.8) is 0 Å². The van der Waals surface area contributed by atoms with Crippen LogP contribution in [0, 0.1) is 6.92 Å². The number of rotatable bonds is 6. The van der Waals surface area contributed by atoms with E-state index in [1.54, 1.807) is 36.4 Å². The minimum Gasteiger partial charge on any atom is -0.484 e. The first-order valence-electron chi connectivity index (χ1n) is 9.57. The van der Waals surface area contributed by atoms with E-state index in [9.17, 15) is 9.59 Å². The van der Waals surface area contributed by atoms with E-state index < -0.39 is 5.91 Å². The molecular formula is C24H17Cl2NO5. The summed E-state index contributed by atoms with van der Waals surface area (Å²) >= 11 is 12.0. The smallest absolute Gasteiger partial charge is 0.262 e. The Hall–Kier alpha value is -3.48. The lowest BCUT2D eigenvalue weighted by molar-refractivity contribution is -0.118. The molecule has 0 radical (unpaired) electrons. The number of amides is 1. The Morgan fingerprint density at radius 3 is 2.69 bits per heavy atom. The van der Waals surface area contributed by atoms with Crippen molar-refractivity contribution in [3.8, 4) is 17.2 Å². The highest BCUT2D eigenvalue weighted by atomic mass is 35.5. The molecule has 8 heteroatoms. The summed E-state index contributed by atoms with van der Waals surface area (Å²) in [5.41, 5.74) is 1.39. The van der Waals surface area contributed by atoms with E-state index >= 15 is 0 Å². The zero-order valence-electron chi connectivity index (χ0n) is 16.9. The summed E-state index contributed by atoms with van der Waals surface area (Å²) in [5.74, 6) is 0.565. The molecule has 0 fully saturated rings. The van der Waals surface area contributed by atoms with Crippen molar-refractivity contribution in [1.29, 1.82) is 0 Å². The second-order valence-electron chi connectivity index (χ2n) is 6.97. The van der Waals surface area contributed by atoms with Gasteiger partial charge in [0, 0.05) is 11.1 Å². The molecule has 1 amide bonds. The Kier molecular flexibility index (Phi) is 6.35. The van der Waals surface area contributed by atoms with Crippen LogP contribution in [0.5, 0.6) is 17.2 Å². The monoisotopic (exact) mass is 469 g/mol. The summed E-state index contributed by atoms with van der Waals surface area (Å²) in [6.45, 7) is 1.66. The van der Waals surface area contributed by atoms with Gasteiger partial charge in [0.2, 0.25) is 11.2 Å². The van der Waals surface area contributed by atoms with Gasteiger partial charge in [-0.25, -0.2) is 0 Å². The molecule has 0 aliphatic rings. The maximum atomic E-state index is 12.7. The Labute approximate surface area is 193 Å². The average molecular weight is 470 g/mol. The molecule has 6 nitrogen and oxygen atoms in total. The van der Waals surface area contributed by atoms with Gasteiger partial charge in [-0.1, -0.05) is 35.3 Å². The lowest BCUT2D eigenvalue weighted by atomic mass is 10.2. The third-order valence-corrected chi connectivity index (χ3v) is 5.07. The van der Waals surface area contributed by atoms with Gasteiger partial charge in [-0.2, -0.15) is 0 Å². The van der Waals surface area contributed by atoms with Gasteiger partial charge in [0.1, 0.15) is 23.3 Å². The molecular weight excluding hydrogens is 453 g/mol. The highest BCUT2D eigenvalue weighted by Crippen LogP contribution is 2.26. The largest absolute Gasteiger partial charge is 0.484 e. The van der Waals surface area contributed by atoms with Crippen molar-refractivity contribution in [2.75, 3.05) is 11.9 Å². The number of ether oxygens (including phenoxy) is 2. The number of nitrogens with one attached hydrogen (secondary N) is 1. The quantitative estimate of drug-likeness (QED) is 0.362. The van der Waals surface area contributed by atoms with Crippen LogP contribution in [0.15, 0.2) is 76.1 Å². The number of carbonyl (C=O) groups excluding carboxylic acids is 1. The first kappa shape index (κ1) is 21.7. The summed E-state index contributed by atoms with van der Waals surface area (Å²) in [5, 5.41) is 3.77. The van der Waals surface area contributed by atoms with Crippen molar-refractivity contribution in [3.05, 3.63) is 92.8 Å². The van der Waals surface area contributed by atoms with E-state index in [1.807, 2.05) is 25.1 Å². The van der Waals surface area contributed by atoms with Gasteiger partial charge in [0.25, 0.3) is 5.91 Å². The molecule has 4 rings (SSSR count). The summed E-state index contributed by atoms with van der Waals surface area (Å²) < 4.78 is 16.7. The van der Waals surface area contributed by atoms with Gasteiger partial charge >= 0.3 is 0 Å². The van der Waals surface area contributed by atoms with Gasteiger partial charge in [-0.15, -0.1) is 0 Å². The fourth-order valence-electron chi connectivity index (χ4n) is 2.99. The van der Waals surface area contributed by atoms with E-state index in [2.05, 4.69) is 5.32 Å². The van der Waals surface area contributed by atoms with E-state index in [0.29, 0.717) is 38.2 Å². The van der Waals surface area contributed by atoms with Crippen LogP contribution in [0.2, 0.25) is 10.0 Å². The van der Waals surface area contributed by atoms with Gasteiger partial charge in [0.05, 0.1) is 16.1 Å². The number of halogens is 2. The normalized spacial score (nSPS) is 10.7. The maximum Gasteiger partial charge on any atom is 0.262 e. The average Bonchev–Trinajstić information content (AvgIpc) is 2.77. The fourth-order valence-corrected chi connectivity index (χ4v) is 3.32. The van der Waals surface area contributed by atoms with Crippen LogP contribution in [0.3, 0.4) is 0 Å². The maximum absolute atomic E-state index is 12.7. The first-order valence-corrected chi connectivity index (χ1v) is 10.3. The Morgan fingerprint density at radius 2 is 1.88 bits per heavy atom. The van der Waals surface area contributed by atoms with Gasteiger partial charge < -0.3 is 19.2 Å². The number of fused-ring (bicyclic) bond motifs is 1. The van der Waals surface area contributed by atoms with Crippen LogP contribution < -0.4 is 20.2 Å². The van der Waals surface area contributed by atoms with Crippen molar-refractivity contribution in [2.45, 2.75) is 6.92 Å². The van der Waals surface area contributed by atoms with E-state index in [-0.39, 0.29) is 17.8 Å². The Morgan fingerprint density at radius 1 is 1.03 bits per heavy atom. The minimum atomic E-state index is -0.419. The molecule has 0 saturated carbocycles. The topological polar surface area (TPSA) is 77.8 Å².